The molecule has 0 bridgehead atoms. The maximum atomic E-state index is 5.51. The quantitative estimate of drug-likeness (QED) is 0.928. The molecule has 2 aromatic heterocycles. The van der Waals surface area contributed by atoms with Crippen molar-refractivity contribution in [2.24, 2.45) is 5.73 Å². The zero-order chi connectivity index (χ0) is 10.8. The fraction of sp³-hybridized carbons (Fsp3) is 0.300. The summed E-state index contributed by atoms with van der Waals surface area (Å²) in [6.45, 7) is 3.08. The molecule has 5 heteroatoms. The summed E-state index contributed by atoms with van der Waals surface area (Å²) < 4.78 is 8.29. The Hall–Kier alpha value is -1.07. The molecule has 0 aliphatic heterocycles. The molecule has 0 atom stereocenters. The Morgan fingerprint density at radius 3 is 2.93 bits per heavy atom. The van der Waals surface area contributed by atoms with Crippen LogP contribution >= 0.6 is 15.9 Å². The normalized spacial score (nSPS) is 10.9. The van der Waals surface area contributed by atoms with Gasteiger partial charge in [0.05, 0.1) is 23.8 Å². The Morgan fingerprint density at radius 2 is 2.40 bits per heavy atom. The minimum Gasteiger partial charge on any atom is -0.465 e. The van der Waals surface area contributed by atoms with Gasteiger partial charge in [-0.1, -0.05) is 0 Å². The molecule has 4 nitrogen and oxygen atoms in total. The summed E-state index contributed by atoms with van der Waals surface area (Å²) in [5, 5.41) is 4.18. The van der Waals surface area contributed by atoms with Crippen molar-refractivity contribution in [2.45, 2.75) is 20.0 Å². The summed E-state index contributed by atoms with van der Waals surface area (Å²) in [5.74, 6) is 1.72. The average Bonchev–Trinajstić information content (AvgIpc) is 2.75. The first-order valence-corrected chi connectivity index (χ1v) is 5.44. The Morgan fingerprint density at radius 1 is 1.60 bits per heavy atom. The van der Waals surface area contributed by atoms with E-state index in [9.17, 15) is 0 Å². The Bertz CT molecular complexity index is 461. The van der Waals surface area contributed by atoms with Gasteiger partial charge >= 0.3 is 0 Å². The summed E-state index contributed by atoms with van der Waals surface area (Å²) >= 11 is 3.36. The number of aryl methyl sites for hydroxylation is 1. The van der Waals surface area contributed by atoms with Crippen LogP contribution in [0.1, 0.15) is 17.1 Å². The Balaban J connectivity index is 2.20. The highest BCUT2D eigenvalue weighted by Crippen LogP contribution is 2.16. The van der Waals surface area contributed by atoms with Gasteiger partial charge in [-0.2, -0.15) is 5.10 Å². The highest BCUT2D eigenvalue weighted by atomic mass is 79.9. The molecule has 0 radical (unpaired) electrons. The molecule has 0 saturated heterocycles. The van der Waals surface area contributed by atoms with Crippen molar-refractivity contribution in [3.8, 4) is 0 Å². The third-order valence-corrected chi connectivity index (χ3v) is 2.62. The van der Waals surface area contributed by atoms with Crippen molar-refractivity contribution in [3.63, 3.8) is 0 Å². The molecular formula is C10H12BrN3O. The number of nitrogens with two attached hydrogens (primary N) is 1. The molecule has 2 N–H and O–H groups in total. The second-order valence-corrected chi connectivity index (χ2v) is 4.27. The van der Waals surface area contributed by atoms with Crippen LogP contribution in [0.4, 0.5) is 0 Å². The van der Waals surface area contributed by atoms with Crippen LogP contribution in [-0.2, 0) is 13.1 Å². The topological polar surface area (TPSA) is 57.0 Å². The number of hydrogen-bond acceptors (Lipinski definition) is 3. The first-order chi connectivity index (χ1) is 7.19. The number of nitrogens with zero attached hydrogens (tertiary/aromatic N) is 2. The van der Waals surface area contributed by atoms with Crippen molar-refractivity contribution >= 4 is 15.9 Å². The lowest BCUT2D eigenvalue weighted by Crippen LogP contribution is -1.99. The molecule has 0 aromatic carbocycles. The van der Waals surface area contributed by atoms with Gasteiger partial charge in [-0.25, -0.2) is 0 Å². The fourth-order valence-corrected chi connectivity index (χ4v) is 1.77. The molecule has 2 heterocycles. The van der Waals surface area contributed by atoms with E-state index in [4.69, 9.17) is 10.2 Å². The number of hydrogen-bond donors (Lipinski definition) is 1. The molecule has 15 heavy (non-hydrogen) atoms. The molecule has 80 valence electrons. The van der Waals surface area contributed by atoms with Crippen LogP contribution in [0.2, 0.25) is 0 Å². The van der Waals surface area contributed by atoms with Crippen LogP contribution in [0.25, 0.3) is 0 Å². The second-order valence-electron chi connectivity index (χ2n) is 3.35. The van der Waals surface area contributed by atoms with Gasteiger partial charge < -0.3 is 10.2 Å². The van der Waals surface area contributed by atoms with E-state index in [0.717, 1.165) is 21.6 Å². The van der Waals surface area contributed by atoms with Gasteiger partial charge in [-0.3, -0.25) is 4.68 Å². The number of halogens is 1. The summed E-state index contributed by atoms with van der Waals surface area (Å²) in [7, 11) is 0. The predicted molar refractivity (Wildman–Crippen MR) is 60.4 cm³/mol. The molecule has 0 spiro atoms. The van der Waals surface area contributed by atoms with E-state index >= 15 is 0 Å². The fourth-order valence-electron chi connectivity index (χ4n) is 1.44. The van der Waals surface area contributed by atoms with Gasteiger partial charge in [0.2, 0.25) is 0 Å². The molecule has 0 unspecified atom stereocenters. The van der Waals surface area contributed by atoms with E-state index in [-0.39, 0.29) is 0 Å². The summed E-state index contributed by atoms with van der Waals surface area (Å²) in [6, 6.07) is 1.98. The smallest absolute Gasteiger partial charge is 0.118 e. The van der Waals surface area contributed by atoms with E-state index in [1.54, 1.807) is 6.20 Å². The molecule has 2 rings (SSSR count). The van der Waals surface area contributed by atoms with Crippen molar-refractivity contribution in [1.82, 2.24) is 9.78 Å². The molecule has 0 amide bonds. The van der Waals surface area contributed by atoms with Crippen molar-refractivity contribution in [2.75, 3.05) is 0 Å². The Kier molecular flexibility index (Phi) is 2.93. The number of rotatable bonds is 3. The highest BCUT2D eigenvalue weighted by molar-refractivity contribution is 9.10. The van der Waals surface area contributed by atoms with Crippen LogP contribution < -0.4 is 5.73 Å². The first kappa shape index (κ1) is 10.4. The van der Waals surface area contributed by atoms with E-state index in [0.29, 0.717) is 13.1 Å². The summed E-state index contributed by atoms with van der Waals surface area (Å²) in [6.07, 6.45) is 3.69. The zero-order valence-corrected chi connectivity index (χ0v) is 9.99. The third-order valence-electron chi connectivity index (χ3n) is 2.21. The van der Waals surface area contributed by atoms with Crippen molar-refractivity contribution in [1.29, 1.82) is 0 Å². The van der Waals surface area contributed by atoms with Crippen molar-refractivity contribution in [3.05, 3.63) is 40.0 Å². The summed E-state index contributed by atoms with van der Waals surface area (Å²) in [5.41, 5.74) is 6.62. The molecule has 0 saturated carbocycles. The first-order valence-electron chi connectivity index (χ1n) is 4.65. The number of aromatic nitrogens is 2. The highest BCUT2D eigenvalue weighted by Gasteiger charge is 2.07. The number of furan rings is 1. The lowest BCUT2D eigenvalue weighted by atomic mass is 10.2. The van der Waals surface area contributed by atoms with Crippen LogP contribution in [0.15, 0.2) is 27.3 Å². The van der Waals surface area contributed by atoms with E-state index in [1.165, 1.54) is 0 Å². The van der Waals surface area contributed by atoms with Crippen LogP contribution in [0.5, 0.6) is 0 Å². The zero-order valence-electron chi connectivity index (χ0n) is 8.40. The molecule has 0 fully saturated rings. The average molecular weight is 270 g/mol. The van der Waals surface area contributed by atoms with E-state index in [1.807, 2.05) is 23.9 Å². The molecule has 0 aliphatic rings. The van der Waals surface area contributed by atoms with E-state index < -0.39 is 0 Å². The summed E-state index contributed by atoms with van der Waals surface area (Å²) in [4.78, 5) is 0. The van der Waals surface area contributed by atoms with Crippen molar-refractivity contribution < 1.29 is 4.42 Å². The molecular weight excluding hydrogens is 258 g/mol. The molecule has 0 aliphatic carbocycles. The Labute approximate surface area is 96.2 Å². The van der Waals surface area contributed by atoms with Crippen LogP contribution in [0.3, 0.4) is 0 Å². The maximum Gasteiger partial charge on any atom is 0.118 e. The van der Waals surface area contributed by atoms with Gasteiger partial charge in [0.1, 0.15) is 11.5 Å². The third kappa shape index (κ3) is 2.30. The second kappa shape index (κ2) is 4.20. The standard InChI is InChI=1S/C10H12BrN3O/c1-7-8(2-10(3-12)15-7)5-14-6-9(11)4-13-14/h2,4,6H,3,5,12H2,1H3. The van der Waals surface area contributed by atoms with Crippen LogP contribution in [0, 0.1) is 6.92 Å². The van der Waals surface area contributed by atoms with Gasteiger partial charge in [0, 0.05) is 11.8 Å². The lowest BCUT2D eigenvalue weighted by Gasteiger charge is -1.98. The molecule has 2 aromatic rings. The van der Waals surface area contributed by atoms with Gasteiger partial charge in [-0.15, -0.1) is 0 Å². The maximum absolute atomic E-state index is 5.51. The van der Waals surface area contributed by atoms with Gasteiger partial charge in [0.15, 0.2) is 0 Å². The van der Waals surface area contributed by atoms with Gasteiger partial charge in [-0.05, 0) is 28.9 Å². The SMILES string of the molecule is Cc1oc(CN)cc1Cn1cc(Br)cn1. The monoisotopic (exact) mass is 269 g/mol. The predicted octanol–water partition coefficient (Wildman–Crippen LogP) is 2.05. The van der Waals surface area contributed by atoms with Gasteiger partial charge in [0.25, 0.3) is 0 Å². The lowest BCUT2D eigenvalue weighted by molar-refractivity contribution is 0.481. The van der Waals surface area contributed by atoms with E-state index in [2.05, 4.69) is 21.0 Å². The minimum atomic E-state index is 0.434. The van der Waals surface area contributed by atoms with Crippen LogP contribution in [-0.4, -0.2) is 9.78 Å². The largest absolute Gasteiger partial charge is 0.465 e. The minimum absolute atomic E-state index is 0.434.